The molecule has 0 unspecified atom stereocenters. The summed E-state index contributed by atoms with van der Waals surface area (Å²) in [6.07, 6.45) is 3.81. The predicted molar refractivity (Wildman–Crippen MR) is 74.5 cm³/mol. The monoisotopic (exact) mass is 246 g/mol. The minimum absolute atomic E-state index is 0.516. The van der Waals surface area contributed by atoms with Crippen LogP contribution in [0.5, 0.6) is 0 Å². The quantitative estimate of drug-likeness (QED) is 0.816. The second-order valence-corrected chi connectivity index (χ2v) is 5.06. The van der Waals surface area contributed by atoms with Gasteiger partial charge in [-0.1, -0.05) is 20.4 Å². The largest absolute Gasteiger partial charge is 0.379 e. The first-order valence-electron chi connectivity index (χ1n) is 6.62. The summed E-state index contributed by atoms with van der Waals surface area (Å²) in [6.45, 7) is 12.9. The Hall–Kier alpha value is -1.19. The van der Waals surface area contributed by atoms with E-state index in [2.05, 4.69) is 36.4 Å². The second kappa shape index (κ2) is 6.12. The number of nitrogens with zero attached hydrogens (tertiary/aromatic N) is 2. The van der Waals surface area contributed by atoms with Crippen molar-refractivity contribution in [2.75, 3.05) is 26.3 Å². The second-order valence-electron chi connectivity index (χ2n) is 5.06. The van der Waals surface area contributed by atoms with Crippen LogP contribution >= 0.6 is 0 Å². The third-order valence-electron chi connectivity index (χ3n) is 3.37. The van der Waals surface area contributed by atoms with Gasteiger partial charge in [0.1, 0.15) is 0 Å². The Bertz CT molecular complexity index is 409. The molecule has 1 saturated heterocycles. The Morgan fingerprint density at radius 1 is 1.44 bits per heavy atom. The van der Waals surface area contributed by atoms with Gasteiger partial charge in [0, 0.05) is 25.8 Å². The van der Waals surface area contributed by atoms with Crippen LogP contribution in [0.3, 0.4) is 0 Å². The molecule has 1 fully saturated rings. The fraction of sp³-hybridized carbons (Fsp3) is 0.533. The molecule has 0 aliphatic carbocycles. The SMILES string of the molecule is C=Cc1cc(C(C)C)c(CN2CCOCC2)cn1. The van der Waals surface area contributed by atoms with E-state index in [0.717, 1.165) is 38.5 Å². The molecule has 0 saturated carbocycles. The summed E-state index contributed by atoms with van der Waals surface area (Å²) in [5.41, 5.74) is 3.67. The summed E-state index contributed by atoms with van der Waals surface area (Å²) in [6, 6.07) is 2.16. The van der Waals surface area contributed by atoms with Gasteiger partial charge in [0.2, 0.25) is 0 Å². The van der Waals surface area contributed by atoms with Crippen LogP contribution < -0.4 is 0 Å². The molecular formula is C15H22N2O. The van der Waals surface area contributed by atoms with Gasteiger partial charge in [0.05, 0.1) is 18.9 Å². The molecule has 2 heterocycles. The molecule has 0 N–H and O–H groups in total. The van der Waals surface area contributed by atoms with Gasteiger partial charge < -0.3 is 4.74 Å². The van der Waals surface area contributed by atoms with Crippen LogP contribution in [0.2, 0.25) is 0 Å². The molecule has 0 amide bonds. The lowest BCUT2D eigenvalue weighted by Gasteiger charge is -2.27. The van der Waals surface area contributed by atoms with Gasteiger partial charge in [0.15, 0.2) is 0 Å². The van der Waals surface area contributed by atoms with Crippen LogP contribution in [0.1, 0.15) is 36.6 Å². The molecule has 0 radical (unpaired) electrons. The van der Waals surface area contributed by atoms with Gasteiger partial charge in [-0.2, -0.15) is 0 Å². The molecule has 1 aromatic heterocycles. The van der Waals surface area contributed by atoms with Crippen molar-refractivity contribution in [1.29, 1.82) is 0 Å². The summed E-state index contributed by atoms with van der Waals surface area (Å²) in [7, 11) is 0. The fourth-order valence-electron chi connectivity index (χ4n) is 2.30. The minimum atomic E-state index is 0.516. The predicted octanol–water partition coefficient (Wildman–Crippen LogP) is 2.68. The highest BCUT2D eigenvalue weighted by Gasteiger charge is 2.14. The van der Waals surface area contributed by atoms with E-state index in [-0.39, 0.29) is 0 Å². The number of pyridine rings is 1. The average molecular weight is 246 g/mol. The van der Waals surface area contributed by atoms with E-state index >= 15 is 0 Å². The van der Waals surface area contributed by atoms with E-state index < -0.39 is 0 Å². The summed E-state index contributed by atoms with van der Waals surface area (Å²) < 4.78 is 5.38. The molecule has 0 atom stereocenters. The number of morpholine rings is 1. The average Bonchev–Trinajstić information content (AvgIpc) is 2.40. The van der Waals surface area contributed by atoms with Crippen molar-refractivity contribution in [2.24, 2.45) is 0 Å². The van der Waals surface area contributed by atoms with E-state index in [0.29, 0.717) is 5.92 Å². The number of hydrogen-bond donors (Lipinski definition) is 0. The van der Waals surface area contributed by atoms with Crippen molar-refractivity contribution in [3.63, 3.8) is 0 Å². The van der Waals surface area contributed by atoms with E-state index in [1.54, 1.807) is 0 Å². The van der Waals surface area contributed by atoms with Crippen LogP contribution in [0.25, 0.3) is 6.08 Å². The zero-order valence-electron chi connectivity index (χ0n) is 11.4. The normalized spacial score (nSPS) is 17.1. The zero-order chi connectivity index (χ0) is 13.0. The summed E-state index contributed by atoms with van der Waals surface area (Å²) in [5.74, 6) is 0.516. The van der Waals surface area contributed by atoms with Crippen molar-refractivity contribution in [1.82, 2.24) is 9.88 Å². The van der Waals surface area contributed by atoms with Crippen LogP contribution in [-0.2, 0) is 11.3 Å². The highest BCUT2D eigenvalue weighted by atomic mass is 16.5. The van der Waals surface area contributed by atoms with Crippen LogP contribution in [0.4, 0.5) is 0 Å². The highest BCUT2D eigenvalue weighted by Crippen LogP contribution is 2.22. The number of rotatable bonds is 4. The number of aromatic nitrogens is 1. The summed E-state index contributed by atoms with van der Waals surface area (Å²) in [5, 5.41) is 0. The van der Waals surface area contributed by atoms with Crippen LogP contribution in [0, 0.1) is 0 Å². The third-order valence-corrected chi connectivity index (χ3v) is 3.37. The molecule has 1 aliphatic rings. The maximum Gasteiger partial charge on any atom is 0.0626 e. The van der Waals surface area contributed by atoms with E-state index in [1.165, 1.54) is 11.1 Å². The smallest absolute Gasteiger partial charge is 0.0626 e. The van der Waals surface area contributed by atoms with E-state index in [9.17, 15) is 0 Å². The van der Waals surface area contributed by atoms with Crippen molar-refractivity contribution in [3.8, 4) is 0 Å². The maximum absolute atomic E-state index is 5.38. The van der Waals surface area contributed by atoms with Crippen molar-refractivity contribution < 1.29 is 4.74 Å². The lowest BCUT2D eigenvalue weighted by molar-refractivity contribution is 0.0340. The Kier molecular flexibility index (Phi) is 4.50. The van der Waals surface area contributed by atoms with Crippen molar-refractivity contribution in [2.45, 2.75) is 26.3 Å². The first-order valence-corrected chi connectivity index (χ1v) is 6.62. The molecule has 0 bridgehead atoms. The third kappa shape index (κ3) is 3.18. The maximum atomic E-state index is 5.38. The highest BCUT2D eigenvalue weighted by molar-refractivity contribution is 5.45. The molecule has 3 heteroatoms. The van der Waals surface area contributed by atoms with E-state index in [1.807, 2.05) is 12.3 Å². The Labute approximate surface area is 109 Å². The molecule has 18 heavy (non-hydrogen) atoms. The van der Waals surface area contributed by atoms with Crippen LogP contribution in [-0.4, -0.2) is 36.2 Å². The van der Waals surface area contributed by atoms with Gasteiger partial charge in [-0.3, -0.25) is 9.88 Å². The molecule has 0 aromatic carbocycles. The standard InChI is InChI=1S/C15H22N2O/c1-4-14-9-15(12(2)3)13(10-16-14)11-17-5-7-18-8-6-17/h4,9-10,12H,1,5-8,11H2,2-3H3. The van der Waals surface area contributed by atoms with Crippen molar-refractivity contribution in [3.05, 3.63) is 35.7 Å². The Morgan fingerprint density at radius 3 is 2.78 bits per heavy atom. The Morgan fingerprint density at radius 2 is 2.17 bits per heavy atom. The molecule has 2 rings (SSSR count). The van der Waals surface area contributed by atoms with Crippen molar-refractivity contribution >= 4 is 6.08 Å². The van der Waals surface area contributed by atoms with Gasteiger partial charge in [0.25, 0.3) is 0 Å². The molecule has 1 aliphatic heterocycles. The minimum Gasteiger partial charge on any atom is -0.379 e. The molecule has 98 valence electrons. The van der Waals surface area contributed by atoms with Gasteiger partial charge in [-0.15, -0.1) is 0 Å². The molecule has 0 spiro atoms. The van der Waals surface area contributed by atoms with Crippen LogP contribution in [0.15, 0.2) is 18.8 Å². The van der Waals surface area contributed by atoms with Gasteiger partial charge in [-0.25, -0.2) is 0 Å². The van der Waals surface area contributed by atoms with Gasteiger partial charge in [-0.05, 0) is 29.2 Å². The van der Waals surface area contributed by atoms with E-state index in [4.69, 9.17) is 4.74 Å². The lowest BCUT2D eigenvalue weighted by atomic mass is 9.97. The summed E-state index contributed by atoms with van der Waals surface area (Å²) in [4.78, 5) is 6.86. The number of ether oxygens (including phenoxy) is 1. The topological polar surface area (TPSA) is 25.4 Å². The summed E-state index contributed by atoms with van der Waals surface area (Å²) >= 11 is 0. The zero-order valence-corrected chi connectivity index (χ0v) is 11.4. The number of hydrogen-bond acceptors (Lipinski definition) is 3. The first kappa shape index (κ1) is 13.2. The Balaban J connectivity index is 2.17. The fourth-order valence-corrected chi connectivity index (χ4v) is 2.30. The first-order chi connectivity index (χ1) is 8.70. The van der Waals surface area contributed by atoms with Gasteiger partial charge >= 0.3 is 0 Å². The molecule has 3 nitrogen and oxygen atoms in total. The lowest BCUT2D eigenvalue weighted by Crippen LogP contribution is -2.36. The molecule has 1 aromatic rings. The molecular weight excluding hydrogens is 224 g/mol.